The highest BCUT2D eigenvalue weighted by molar-refractivity contribution is 6.38. The van der Waals surface area contributed by atoms with E-state index in [1.165, 1.54) is 4.90 Å². The van der Waals surface area contributed by atoms with Crippen LogP contribution in [0.15, 0.2) is 0 Å². The van der Waals surface area contributed by atoms with Crippen LogP contribution in [-0.2, 0) is 33.5 Å². The maximum absolute atomic E-state index is 13.9. The van der Waals surface area contributed by atoms with E-state index in [9.17, 15) is 38.7 Å². The maximum atomic E-state index is 13.9. The monoisotopic (exact) mass is 677 g/mol. The minimum absolute atomic E-state index is 0.0917. The molecule has 14 heteroatoms. The number of carbonyl (C=O) groups is 7. The van der Waals surface area contributed by atoms with Crippen LogP contribution < -0.4 is 21.3 Å². The lowest BCUT2D eigenvalue weighted by Crippen LogP contribution is -2.58. The summed E-state index contributed by atoms with van der Waals surface area (Å²) >= 11 is 0. The summed E-state index contributed by atoms with van der Waals surface area (Å²) in [5.41, 5.74) is 0. The van der Waals surface area contributed by atoms with Gasteiger partial charge < -0.3 is 36.0 Å². The van der Waals surface area contributed by atoms with Crippen molar-refractivity contribution in [3.63, 3.8) is 0 Å². The highest BCUT2D eigenvalue weighted by Gasteiger charge is 2.42. The van der Waals surface area contributed by atoms with Crippen molar-refractivity contribution in [3.8, 4) is 0 Å². The summed E-state index contributed by atoms with van der Waals surface area (Å²) in [4.78, 5) is 91.8. The normalized spacial score (nSPS) is 20.7. The largest absolute Gasteiger partial charge is 0.480 e. The summed E-state index contributed by atoms with van der Waals surface area (Å²) in [7, 11) is 0. The number of hydrogen-bond acceptors (Lipinski definition) is 8. The van der Waals surface area contributed by atoms with Crippen LogP contribution in [0.25, 0.3) is 0 Å². The van der Waals surface area contributed by atoms with Crippen molar-refractivity contribution in [2.45, 2.75) is 135 Å². The van der Waals surface area contributed by atoms with Crippen LogP contribution in [0.2, 0.25) is 0 Å². The number of ketones is 1. The number of carbonyl (C=O) groups excluding carboxylic acids is 6. The van der Waals surface area contributed by atoms with Gasteiger partial charge in [-0.1, -0.05) is 65.7 Å². The molecule has 5 amide bonds. The highest BCUT2D eigenvalue weighted by Crippen LogP contribution is 2.30. The maximum Gasteiger partial charge on any atom is 0.407 e. The van der Waals surface area contributed by atoms with Crippen molar-refractivity contribution >= 4 is 41.5 Å². The van der Waals surface area contributed by atoms with Crippen molar-refractivity contribution < 1.29 is 43.4 Å². The molecular weight excluding hydrogens is 622 g/mol. The second kappa shape index (κ2) is 19.3. The summed E-state index contributed by atoms with van der Waals surface area (Å²) < 4.78 is 5.31. The molecule has 5 N–H and O–H groups in total. The zero-order valence-corrected chi connectivity index (χ0v) is 28.7. The molecular formula is C34H55N5O9. The minimum atomic E-state index is -1.18. The zero-order chi connectivity index (χ0) is 35.2. The average Bonchev–Trinajstić information content (AvgIpc) is 3.58. The van der Waals surface area contributed by atoms with Gasteiger partial charge in [0.15, 0.2) is 0 Å². The quantitative estimate of drug-likeness (QED) is 0.152. The molecule has 2 unspecified atom stereocenters. The van der Waals surface area contributed by atoms with Crippen LogP contribution in [0.5, 0.6) is 0 Å². The number of nitrogens with one attached hydrogen (secondary N) is 4. The number of rotatable bonds is 16. The van der Waals surface area contributed by atoms with E-state index in [-0.39, 0.29) is 36.7 Å². The molecule has 0 bridgehead atoms. The van der Waals surface area contributed by atoms with Crippen LogP contribution in [0.4, 0.5) is 4.79 Å². The van der Waals surface area contributed by atoms with E-state index in [1.807, 2.05) is 13.8 Å². The number of amides is 5. The van der Waals surface area contributed by atoms with Crippen LogP contribution in [0.1, 0.15) is 111 Å². The molecule has 0 radical (unpaired) electrons. The second-order valence-electron chi connectivity index (χ2n) is 13.9. The second-order valence-corrected chi connectivity index (χ2v) is 13.9. The molecule has 0 spiro atoms. The Kier molecular flexibility index (Phi) is 15.6. The first-order chi connectivity index (χ1) is 22.9. The number of alkyl carbamates (subject to hydrolysis) is 1. The average molecular weight is 678 g/mol. The Labute approximate surface area is 283 Å². The molecule has 3 rings (SSSR count). The van der Waals surface area contributed by atoms with Gasteiger partial charge in [-0.15, -0.1) is 0 Å². The summed E-state index contributed by atoms with van der Waals surface area (Å²) in [5.74, 6) is -4.98. The molecule has 1 aliphatic heterocycles. The van der Waals surface area contributed by atoms with Gasteiger partial charge in [0.2, 0.25) is 23.5 Å². The van der Waals surface area contributed by atoms with Crippen molar-refractivity contribution in [2.24, 2.45) is 17.8 Å². The molecule has 2 aliphatic carbocycles. The number of aliphatic carboxylic acids is 1. The highest BCUT2D eigenvalue weighted by atomic mass is 16.5. The number of likely N-dealkylation sites (tertiary alicyclic amines) is 1. The lowest BCUT2D eigenvalue weighted by atomic mass is 9.83. The summed E-state index contributed by atoms with van der Waals surface area (Å²) in [6.07, 6.45) is 9.49. The fourth-order valence-electron chi connectivity index (χ4n) is 7.05. The molecule has 14 nitrogen and oxygen atoms in total. The fraction of sp³-hybridized carbons (Fsp3) is 0.794. The van der Waals surface area contributed by atoms with Crippen LogP contribution in [0.3, 0.4) is 0 Å². The van der Waals surface area contributed by atoms with E-state index in [2.05, 4.69) is 21.3 Å². The Morgan fingerprint density at radius 1 is 0.792 bits per heavy atom. The van der Waals surface area contributed by atoms with Gasteiger partial charge in [0.05, 0.1) is 19.2 Å². The lowest BCUT2D eigenvalue weighted by molar-refractivity contribution is -0.144. The standard InChI is InChI=1S/C34H55N5O9/c1-4-12-24(29(41)31(43)35-19-26(40)37-28(33(45)46)23-15-9-6-10-16-23)36-30(42)25-17-11-18-39(25)32(44)27(22-13-7-5-8-14-22)38-34(47)48-20-21(2)3/h21-25,27-28H,4-20H2,1-3H3,(H,35,43)(H,36,42)(H,37,40)(H,38,47)(H,45,46)/t24?,25-,27-,28?/m0/s1. The lowest BCUT2D eigenvalue weighted by Gasteiger charge is -2.34. The first-order valence-corrected chi connectivity index (χ1v) is 17.8. The van der Waals surface area contributed by atoms with Crippen molar-refractivity contribution in [2.75, 3.05) is 19.7 Å². The van der Waals surface area contributed by atoms with Gasteiger partial charge in [0.25, 0.3) is 5.91 Å². The Morgan fingerprint density at radius 2 is 1.40 bits per heavy atom. The Bertz CT molecular complexity index is 1150. The van der Waals surface area contributed by atoms with Gasteiger partial charge >= 0.3 is 12.1 Å². The van der Waals surface area contributed by atoms with E-state index in [4.69, 9.17) is 4.74 Å². The van der Waals surface area contributed by atoms with Crippen LogP contribution in [-0.4, -0.2) is 95.3 Å². The van der Waals surface area contributed by atoms with E-state index < -0.39 is 66.3 Å². The molecule has 48 heavy (non-hydrogen) atoms. The van der Waals surface area contributed by atoms with Crippen molar-refractivity contribution in [3.05, 3.63) is 0 Å². The van der Waals surface area contributed by atoms with Gasteiger partial charge in [0, 0.05) is 6.54 Å². The van der Waals surface area contributed by atoms with Gasteiger partial charge in [-0.25, -0.2) is 9.59 Å². The molecule has 0 aromatic rings. The van der Waals surface area contributed by atoms with Gasteiger partial charge in [-0.05, 0) is 62.7 Å². The van der Waals surface area contributed by atoms with Gasteiger partial charge in [-0.2, -0.15) is 0 Å². The molecule has 1 heterocycles. The third-order valence-corrected chi connectivity index (χ3v) is 9.59. The third-order valence-electron chi connectivity index (χ3n) is 9.59. The minimum Gasteiger partial charge on any atom is -0.480 e. The zero-order valence-electron chi connectivity index (χ0n) is 28.7. The van der Waals surface area contributed by atoms with Crippen molar-refractivity contribution in [1.82, 2.24) is 26.2 Å². The number of nitrogens with zero attached hydrogens (tertiary/aromatic N) is 1. The first kappa shape index (κ1) is 38.7. The number of carboxylic acid groups (broad SMARTS) is 1. The predicted octanol–water partition coefficient (Wildman–Crippen LogP) is 2.43. The molecule has 2 saturated carbocycles. The molecule has 0 aromatic heterocycles. The molecule has 1 saturated heterocycles. The smallest absolute Gasteiger partial charge is 0.407 e. The van der Waals surface area contributed by atoms with E-state index in [0.29, 0.717) is 38.6 Å². The Balaban J connectivity index is 1.61. The van der Waals surface area contributed by atoms with E-state index in [0.717, 1.165) is 51.4 Å². The van der Waals surface area contributed by atoms with Crippen LogP contribution >= 0.6 is 0 Å². The summed E-state index contributed by atoms with van der Waals surface area (Å²) in [6, 6.07) is -3.99. The van der Waals surface area contributed by atoms with Gasteiger partial charge in [-0.3, -0.25) is 24.0 Å². The molecule has 270 valence electrons. The first-order valence-electron chi connectivity index (χ1n) is 17.8. The topological polar surface area (TPSA) is 200 Å². The Hall–Kier alpha value is -3.71. The molecule has 4 atom stereocenters. The third kappa shape index (κ3) is 11.5. The van der Waals surface area contributed by atoms with Crippen molar-refractivity contribution in [1.29, 1.82) is 0 Å². The summed E-state index contributed by atoms with van der Waals surface area (Å²) in [5, 5.41) is 19.8. The van der Waals surface area contributed by atoms with E-state index in [1.54, 1.807) is 6.92 Å². The van der Waals surface area contributed by atoms with Crippen LogP contribution in [0, 0.1) is 17.8 Å². The number of hydrogen-bond donors (Lipinski definition) is 5. The molecule has 3 fully saturated rings. The Morgan fingerprint density at radius 3 is 1.96 bits per heavy atom. The van der Waals surface area contributed by atoms with E-state index >= 15 is 0 Å². The summed E-state index contributed by atoms with van der Waals surface area (Å²) in [6.45, 7) is 5.55. The molecule has 3 aliphatic rings. The number of Topliss-reactive ketones (excluding diaryl/α,β-unsaturated/α-hetero) is 1. The molecule has 0 aromatic carbocycles. The number of ether oxygens (including phenoxy) is 1. The SMILES string of the molecule is CCCC(NC(=O)[C@@H]1CCCN1C(=O)[C@@H](NC(=O)OCC(C)C)C1CCCCC1)C(=O)C(=O)NCC(=O)NC(C(=O)O)C1CCCCC1. The predicted molar refractivity (Wildman–Crippen MR) is 175 cm³/mol. The fourth-order valence-corrected chi connectivity index (χ4v) is 7.05. The number of carboxylic acids is 1. The van der Waals surface area contributed by atoms with Gasteiger partial charge in [0.1, 0.15) is 18.1 Å².